The normalized spacial score (nSPS) is 11.1. The summed E-state index contributed by atoms with van der Waals surface area (Å²) in [5.74, 6) is 1.23. The van der Waals surface area contributed by atoms with E-state index in [-0.39, 0.29) is 0 Å². The van der Waals surface area contributed by atoms with Crippen LogP contribution in [0.25, 0.3) is 10.1 Å². The number of nitrogens with two attached hydrogens (primary N) is 1. The summed E-state index contributed by atoms with van der Waals surface area (Å²) in [6.07, 6.45) is 2.78. The molecule has 3 aromatic rings. The molecule has 4 nitrogen and oxygen atoms in total. The van der Waals surface area contributed by atoms with Crippen LogP contribution in [-0.4, -0.2) is 20.7 Å². The topological polar surface area (TPSA) is 64.7 Å². The second-order valence-electron chi connectivity index (χ2n) is 4.13. The van der Waals surface area contributed by atoms with Gasteiger partial charge in [0.1, 0.15) is 11.0 Å². The molecule has 3 aromatic heterocycles. The van der Waals surface area contributed by atoms with Crippen LogP contribution in [0.1, 0.15) is 5.69 Å². The zero-order valence-corrected chi connectivity index (χ0v) is 12.8. The summed E-state index contributed by atoms with van der Waals surface area (Å²) in [6, 6.07) is 5.77. The summed E-state index contributed by atoms with van der Waals surface area (Å²) in [5, 5.41) is 4.30. The molecule has 0 bridgehead atoms. The van der Waals surface area contributed by atoms with Gasteiger partial charge in [0.2, 0.25) is 0 Å². The van der Waals surface area contributed by atoms with Gasteiger partial charge in [-0.15, -0.1) is 11.3 Å². The monoisotopic (exact) mass is 322 g/mol. The highest BCUT2D eigenvalue weighted by Gasteiger charge is 2.04. The van der Waals surface area contributed by atoms with Crippen LogP contribution in [0.3, 0.4) is 0 Å². The van der Waals surface area contributed by atoms with Crippen molar-refractivity contribution in [2.45, 2.75) is 11.6 Å². The van der Waals surface area contributed by atoms with Crippen LogP contribution < -0.4 is 5.73 Å². The fraction of sp³-hybridized carbons (Fsp3) is 0.154. The SMILES string of the molecule is Nc1cc(Cl)nc(SCCc2cc3ccsc3cn2)n1. The number of fused-ring (bicyclic) bond motifs is 1. The molecule has 7 heteroatoms. The predicted molar refractivity (Wildman–Crippen MR) is 85.5 cm³/mol. The number of nitrogen functional groups attached to an aromatic ring is 1. The van der Waals surface area contributed by atoms with Crippen molar-refractivity contribution in [1.82, 2.24) is 15.0 Å². The fourth-order valence-corrected chi connectivity index (χ4v) is 3.58. The van der Waals surface area contributed by atoms with E-state index in [1.165, 1.54) is 27.9 Å². The van der Waals surface area contributed by atoms with Crippen LogP contribution in [0.15, 0.2) is 34.9 Å². The lowest BCUT2D eigenvalue weighted by molar-refractivity contribution is 0.969. The number of hydrogen-bond donors (Lipinski definition) is 1. The Balaban J connectivity index is 1.64. The van der Waals surface area contributed by atoms with E-state index in [4.69, 9.17) is 17.3 Å². The number of aromatic nitrogens is 3. The van der Waals surface area contributed by atoms with E-state index >= 15 is 0 Å². The Bertz CT molecular complexity index is 724. The maximum Gasteiger partial charge on any atom is 0.190 e. The predicted octanol–water partition coefficient (Wildman–Crippen LogP) is 3.66. The van der Waals surface area contributed by atoms with Gasteiger partial charge in [-0.2, -0.15) is 0 Å². The third-order valence-electron chi connectivity index (χ3n) is 2.68. The Labute approximate surface area is 129 Å². The molecule has 0 aliphatic carbocycles. The lowest BCUT2D eigenvalue weighted by atomic mass is 10.2. The second-order valence-corrected chi connectivity index (χ2v) is 6.53. The number of hydrogen-bond acceptors (Lipinski definition) is 6. The van der Waals surface area contributed by atoms with Crippen molar-refractivity contribution in [2.24, 2.45) is 0 Å². The summed E-state index contributed by atoms with van der Waals surface area (Å²) < 4.78 is 1.22. The van der Waals surface area contributed by atoms with Crippen molar-refractivity contribution in [1.29, 1.82) is 0 Å². The quantitative estimate of drug-likeness (QED) is 0.451. The van der Waals surface area contributed by atoms with Crippen molar-refractivity contribution in [3.05, 3.63) is 40.6 Å². The van der Waals surface area contributed by atoms with E-state index in [9.17, 15) is 0 Å². The molecule has 0 spiro atoms. The maximum absolute atomic E-state index is 5.84. The van der Waals surface area contributed by atoms with E-state index in [1.807, 2.05) is 6.20 Å². The molecule has 0 atom stereocenters. The minimum atomic E-state index is 0.373. The number of nitrogens with zero attached hydrogens (tertiary/aromatic N) is 3. The van der Waals surface area contributed by atoms with Gasteiger partial charge in [0.15, 0.2) is 5.16 Å². The van der Waals surface area contributed by atoms with Crippen LogP contribution in [0.5, 0.6) is 0 Å². The first-order valence-electron chi connectivity index (χ1n) is 5.96. The fourth-order valence-electron chi connectivity index (χ4n) is 1.77. The van der Waals surface area contributed by atoms with Crippen molar-refractivity contribution in [3.8, 4) is 0 Å². The largest absolute Gasteiger partial charge is 0.384 e. The minimum absolute atomic E-state index is 0.373. The van der Waals surface area contributed by atoms with Crippen molar-refractivity contribution >= 4 is 50.6 Å². The Morgan fingerprint density at radius 1 is 1.30 bits per heavy atom. The average molecular weight is 323 g/mol. The molecule has 20 heavy (non-hydrogen) atoms. The summed E-state index contributed by atoms with van der Waals surface area (Å²) in [7, 11) is 0. The van der Waals surface area contributed by atoms with Gasteiger partial charge in [0.25, 0.3) is 0 Å². The molecule has 3 rings (SSSR count). The van der Waals surface area contributed by atoms with E-state index in [0.717, 1.165) is 17.9 Å². The standard InChI is InChI=1S/C13H11ClN4S2/c14-11-6-12(15)18-13(17-11)20-4-2-9-5-8-1-3-19-10(8)7-16-9/h1,3,5-7H,2,4H2,(H2,15,17,18). The summed E-state index contributed by atoms with van der Waals surface area (Å²) >= 11 is 9.07. The van der Waals surface area contributed by atoms with E-state index in [2.05, 4.69) is 32.5 Å². The Hall–Kier alpha value is -1.37. The first kappa shape index (κ1) is 13.6. The lowest BCUT2D eigenvalue weighted by Gasteiger charge is -2.02. The molecule has 0 aliphatic heterocycles. The van der Waals surface area contributed by atoms with Crippen LogP contribution in [0.4, 0.5) is 5.82 Å². The molecule has 0 radical (unpaired) electrons. The van der Waals surface area contributed by atoms with Gasteiger partial charge in [0.05, 0.1) is 4.70 Å². The zero-order valence-electron chi connectivity index (χ0n) is 10.4. The van der Waals surface area contributed by atoms with Gasteiger partial charge in [-0.05, 0) is 29.3 Å². The molecule has 102 valence electrons. The lowest BCUT2D eigenvalue weighted by Crippen LogP contribution is -1.97. The molecule has 0 saturated carbocycles. The number of rotatable bonds is 4. The van der Waals surface area contributed by atoms with E-state index < -0.39 is 0 Å². The van der Waals surface area contributed by atoms with Gasteiger partial charge < -0.3 is 5.73 Å². The summed E-state index contributed by atoms with van der Waals surface area (Å²) in [6.45, 7) is 0. The van der Waals surface area contributed by atoms with Gasteiger partial charge >= 0.3 is 0 Å². The first-order valence-corrected chi connectivity index (χ1v) is 8.20. The zero-order chi connectivity index (χ0) is 13.9. The third kappa shape index (κ3) is 3.20. The number of thiophene rings is 1. The Morgan fingerprint density at radius 3 is 3.05 bits per heavy atom. The number of thioether (sulfide) groups is 1. The molecule has 3 heterocycles. The molecule has 0 amide bonds. The van der Waals surface area contributed by atoms with Gasteiger partial charge in [0, 0.05) is 23.7 Å². The van der Waals surface area contributed by atoms with E-state index in [1.54, 1.807) is 11.3 Å². The van der Waals surface area contributed by atoms with E-state index in [0.29, 0.717) is 16.1 Å². The molecule has 2 N–H and O–H groups in total. The first-order chi connectivity index (χ1) is 9.70. The highest BCUT2D eigenvalue weighted by molar-refractivity contribution is 7.99. The average Bonchev–Trinajstić information content (AvgIpc) is 2.85. The van der Waals surface area contributed by atoms with Crippen LogP contribution in [0.2, 0.25) is 5.15 Å². The Morgan fingerprint density at radius 2 is 2.20 bits per heavy atom. The highest BCUT2D eigenvalue weighted by atomic mass is 35.5. The van der Waals surface area contributed by atoms with Crippen LogP contribution in [0, 0.1) is 0 Å². The number of pyridine rings is 1. The molecule has 0 fully saturated rings. The minimum Gasteiger partial charge on any atom is -0.384 e. The summed E-state index contributed by atoms with van der Waals surface area (Å²) in [4.78, 5) is 12.7. The number of halogens is 1. The van der Waals surface area contributed by atoms with Gasteiger partial charge in [-0.1, -0.05) is 23.4 Å². The number of anilines is 1. The molecular formula is C13H11ClN4S2. The summed E-state index contributed by atoms with van der Waals surface area (Å²) in [5.41, 5.74) is 6.70. The third-order valence-corrected chi connectivity index (χ3v) is 4.59. The molecule has 0 saturated heterocycles. The molecule has 0 unspecified atom stereocenters. The second kappa shape index (κ2) is 5.95. The Kier molecular flexibility index (Phi) is 4.05. The molecule has 0 aliphatic rings. The van der Waals surface area contributed by atoms with Crippen LogP contribution >= 0.6 is 34.7 Å². The van der Waals surface area contributed by atoms with Gasteiger partial charge in [-0.25, -0.2) is 9.97 Å². The van der Waals surface area contributed by atoms with Crippen molar-refractivity contribution < 1.29 is 0 Å². The van der Waals surface area contributed by atoms with Crippen LogP contribution in [-0.2, 0) is 6.42 Å². The van der Waals surface area contributed by atoms with Crippen molar-refractivity contribution in [2.75, 3.05) is 11.5 Å². The smallest absolute Gasteiger partial charge is 0.190 e. The molecule has 0 aromatic carbocycles. The maximum atomic E-state index is 5.84. The number of aryl methyl sites for hydroxylation is 1. The molecular weight excluding hydrogens is 312 g/mol. The highest BCUT2D eigenvalue weighted by Crippen LogP contribution is 2.22. The van der Waals surface area contributed by atoms with Crippen molar-refractivity contribution in [3.63, 3.8) is 0 Å². The van der Waals surface area contributed by atoms with Gasteiger partial charge in [-0.3, -0.25) is 4.98 Å².